The molecule has 7 heteroatoms. The van der Waals surface area contributed by atoms with Crippen molar-refractivity contribution < 1.29 is 30.0 Å². The number of rotatable bonds is 15. The Morgan fingerprint density at radius 1 is 0.789 bits per heavy atom. The molecule has 0 bridgehead atoms. The molecule has 0 spiro atoms. The van der Waals surface area contributed by atoms with Crippen molar-refractivity contribution in [1.29, 1.82) is 0 Å². The van der Waals surface area contributed by atoms with Gasteiger partial charge in [-0.2, -0.15) is 0 Å². The van der Waals surface area contributed by atoms with Crippen LogP contribution < -0.4 is 4.50 Å². The van der Waals surface area contributed by atoms with Crippen LogP contribution in [0.4, 0.5) is 0 Å². The largest absolute Gasteiger partial charge is 0.512 e. The summed E-state index contributed by atoms with van der Waals surface area (Å²) >= 11 is 2.01. The number of hydrogen-bond acceptors (Lipinski definition) is 5. The zero-order valence-corrected chi connectivity index (χ0v) is 43.1. The summed E-state index contributed by atoms with van der Waals surface area (Å²) in [6, 6.07) is 18.8. The molecule has 1 radical (unpaired) electrons. The Kier molecular flexibility index (Phi) is 19.1. The molecule has 0 unspecified atom stereocenters. The van der Waals surface area contributed by atoms with Crippen LogP contribution in [0.2, 0.25) is 18.1 Å². The van der Waals surface area contributed by atoms with Gasteiger partial charge in [0.05, 0.1) is 11.3 Å². The van der Waals surface area contributed by atoms with Gasteiger partial charge in [-0.05, 0) is 63.8 Å². The summed E-state index contributed by atoms with van der Waals surface area (Å²) in [7, 11) is -1.76. The molecule has 2 aromatic heterocycles. The molecule has 319 valence electrons. The van der Waals surface area contributed by atoms with Crippen molar-refractivity contribution in [2.24, 2.45) is 53.3 Å². The number of ketones is 1. The summed E-state index contributed by atoms with van der Waals surface area (Å²) in [5.74, 6) is 3.72. The summed E-state index contributed by atoms with van der Waals surface area (Å²) in [5.41, 5.74) is 6.07. The Morgan fingerprint density at radius 2 is 1.28 bits per heavy atom. The van der Waals surface area contributed by atoms with E-state index in [0.29, 0.717) is 41.4 Å². The molecule has 4 aromatic rings. The average molecular weight is 991 g/mol. The van der Waals surface area contributed by atoms with Crippen LogP contribution in [0, 0.1) is 66.3 Å². The SMILES string of the molecule is CC(C)C(C(=O)/C=C(\O)C(C(C)C)C(C)C)C(C)C.Cc1c([Si](CC(C)C)(CC(C)C)CC(C)C)sc2c(-c3[c-]c4ccccc4c(C(C)(C)C)c3)ncnc12.[Ir]. The second-order valence-electron chi connectivity index (χ2n) is 20.4. The third-order valence-corrected chi connectivity index (χ3v) is 20.1. The topological polar surface area (TPSA) is 63.1 Å². The van der Waals surface area contributed by atoms with Crippen LogP contribution in [0.5, 0.6) is 0 Å². The molecule has 0 atom stereocenters. The first-order valence-electron chi connectivity index (χ1n) is 21.6. The van der Waals surface area contributed by atoms with Crippen LogP contribution in [-0.4, -0.2) is 28.9 Å². The van der Waals surface area contributed by atoms with Gasteiger partial charge >= 0.3 is 0 Å². The van der Waals surface area contributed by atoms with Crippen molar-refractivity contribution in [2.75, 3.05) is 0 Å². The summed E-state index contributed by atoms with van der Waals surface area (Å²) < 4.78 is 2.91. The minimum absolute atomic E-state index is 0. The number of hydrogen-bond donors (Lipinski definition) is 1. The third-order valence-electron chi connectivity index (χ3n) is 11.3. The van der Waals surface area contributed by atoms with E-state index in [2.05, 4.69) is 161 Å². The molecule has 2 aromatic carbocycles. The molecule has 57 heavy (non-hydrogen) atoms. The molecule has 0 amide bonds. The minimum Gasteiger partial charge on any atom is -0.512 e. The Bertz CT molecular complexity index is 1890. The number of thiophene rings is 1. The summed E-state index contributed by atoms with van der Waals surface area (Å²) in [4.78, 5) is 22.1. The maximum absolute atomic E-state index is 12.3. The van der Waals surface area contributed by atoms with Crippen molar-refractivity contribution in [3.05, 3.63) is 65.7 Å². The third kappa shape index (κ3) is 12.9. The van der Waals surface area contributed by atoms with Crippen molar-refractivity contribution in [3.8, 4) is 11.3 Å². The van der Waals surface area contributed by atoms with E-state index < -0.39 is 8.07 Å². The van der Waals surface area contributed by atoms with Crippen LogP contribution in [0.15, 0.2) is 48.5 Å². The zero-order chi connectivity index (χ0) is 42.4. The van der Waals surface area contributed by atoms with Crippen molar-refractivity contribution in [2.45, 2.75) is 148 Å². The molecule has 4 rings (SSSR count). The van der Waals surface area contributed by atoms with Gasteiger partial charge in [0.2, 0.25) is 0 Å². The molecule has 0 saturated carbocycles. The van der Waals surface area contributed by atoms with E-state index in [4.69, 9.17) is 9.97 Å². The number of aliphatic hydroxyl groups is 1. The number of aromatic nitrogens is 2. The number of nitrogens with zero attached hydrogens (tertiary/aromatic N) is 2. The fourth-order valence-corrected chi connectivity index (χ4v) is 19.4. The molecule has 0 aliphatic rings. The molecular formula is C50H77IrN2O2SSi-. The van der Waals surface area contributed by atoms with Crippen molar-refractivity contribution in [1.82, 2.24) is 9.97 Å². The fraction of sp³-hybridized carbons (Fsp3) is 0.620. The first-order valence-corrected chi connectivity index (χ1v) is 25.0. The smallest absolute Gasteiger partial charge is 0.162 e. The predicted octanol–water partition coefficient (Wildman–Crippen LogP) is 14.4. The van der Waals surface area contributed by atoms with Crippen LogP contribution in [0.1, 0.15) is 129 Å². The molecule has 0 fully saturated rings. The van der Waals surface area contributed by atoms with Crippen LogP contribution in [0.25, 0.3) is 32.2 Å². The number of aliphatic hydroxyl groups excluding tert-OH is 1. The fourth-order valence-electron chi connectivity index (χ4n) is 9.79. The van der Waals surface area contributed by atoms with E-state index in [1.165, 1.54) is 45.4 Å². The Labute approximate surface area is 366 Å². The van der Waals surface area contributed by atoms with Gasteiger partial charge in [0.25, 0.3) is 0 Å². The molecule has 4 nitrogen and oxygen atoms in total. The van der Waals surface area contributed by atoms with Gasteiger partial charge in [-0.15, -0.1) is 40.5 Å². The summed E-state index contributed by atoms with van der Waals surface area (Å²) in [5, 5.41) is 12.7. The van der Waals surface area contributed by atoms with E-state index in [-0.39, 0.29) is 48.9 Å². The van der Waals surface area contributed by atoms with Gasteiger partial charge in [0, 0.05) is 48.4 Å². The molecule has 0 saturated heterocycles. The molecule has 0 aliphatic carbocycles. The number of carbonyl (C=O) groups excluding carboxylic acids is 1. The molecule has 1 N–H and O–H groups in total. The van der Waals surface area contributed by atoms with Gasteiger partial charge in [0.1, 0.15) is 14.4 Å². The van der Waals surface area contributed by atoms with E-state index in [1.807, 2.05) is 11.3 Å². The van der Waals surface area contributed by atoms with Crippen molar-refractivity contribution >= 4 is 50.7 Å². The predicted molar refractivity (Wildman–Crippen MR) is 249 cm³/mol. The minimum atomic E-state index is -1.76. The monoisotopic (exact) mass is 991 g/mol. The quantitative estimate of drug-likeness (QED) is 0.0558. The Balaban J connectivity index is 0.000000478. The normalized spacial score (nSPS) is 13.1. The van der Waals surface area contributed by atoms with Gasteiger partial charge in [-0.3, -0.25) is 9.78 Å². The van der Waals surface area contributed by atoms with Crippen molar-refractivity contribution in [3.63, 3.8) is 0 Å². The van der Waals surface area contributed by atoms with Gasteiger partial charge < -0.3 is 5.11 Å². The Hall–Kier alpha value is -2.18. The molecular weight excluding hydrogens is 913 g/mol. The maximum Gasteiger partial charge on any atom is 0.162 e. The van der Waals surface area contributed by atoms with Gasteiger partial charge in [-0.25, -0.2) is 4.98 Å². The first kappa shape index (κ1) is 51.0. The summed E-state index contributed by atoms with van der Waals surface area (Å²) in [6.07, 6.45) is 3.26. The maximum atomic E-state index is 12.3. The second-order valence-corrected chi connectivity index (χ2v) is 26.1. The van der Waals surface area contributed by atoms with Crippen LogP contribution in [-0.2, 0) is 30.3 Å². The number of fused-ring (bicyclic) bond motifs is 2. The van der Waals surface area contributed by atoms with Crippen LogP contribution in [0.3, 0.4) is 0 Å². The summed E-state index contributed by atoms with van der Waals surface area (Å²) in [6.45, 7) is 40.3. The standard InChI is InChI=1S/C33H45N2SSi.C17H32O2.Ir/c1-21(2)17-37(18-22(3)4,19-23(5)6)32-24(7)29-31(36-32)30(35-20-34-29)26-15-25-13-11-12-14-27(25)28(16-26)33(8,9)10;1-10(2)16(11(3)4)14(18)9-15(19)17(12(5)6)13(7)8;/h11-14,16,20-23H,17-19H2,1-10H3;9-13,16-18H,1-8H3;/q-1;;/b;14-9-;. The number of allylic oxidation sites excluding steroid dienone is 2. The van der Waals surface area contributed by atoms with E-state index in [9.17, 15) is 9.90 Å². The number of aryl methyl sites for hydroxylation is 1. The first-order chi connectivity index (χ1) is 25.9. The zero-order valence-electron chi connectivity index (χ0n) is 38.9. The van der Waals surface area contributed by atoms with Gasteiger partial charge in [-0.1, -0.05) is 165 Å². The van der Waals surface area contributed by atoms with Crippen LogP contribution >= 0.6 is 11.3 Å². The number of carbonyl (C=O) groups is 1. The van der Waals surface area contributed by atoms with E-state index in [0.717, 1.165) is 22.2 Å². The molecule has 2 heterocycles. The molecule has 0 aliphatic heterocycles. The van der Waals surface area contributed by atoms with E-state index >= 15 is 0 Å². The second kappa shape index (κ2) is 21.4. The van der Waals surface area contributed by atoms with E-state index in [1.54, 1.807) is 10.8 Å². The Morgan fingerprint density at radius 3 is 1.74 bits per heavy atom. The average Bonchev–Trinajstić information content (AvgIpc) is 3.39. The number of benzene rings is 2. The van der Waals surface area contributed by atoms with Gasteiger partial charge in [0.15, 0.2) is 5.78 Å².